The van der Waals surface area contributed by atoms with Gasteiger partial charge < -0.3 is 15.0 Å². The van der Waals surface area contributed by atoms with Crippen LogP contribution in [0.25, 0.3) is 0 Å². The Morgan fingerprint density at radius 3 is 2.59 bits per heavy atom. The summed E-state index contributed by atoms with van der Waals surface area (Å²) in [6.45, 7) is 6.69. The number of hydrogen-bond acceptors (Lipinski definition) is 4. The number of piperidine rings is 1. The Bertz CT molecular complexity index is 411. The Labute approximate surface area is 138 Å². The number of hydrogen-bond donors (Lipinski definition) is 1. The first-order chi connectivity index (χ1) is 10.4. The molecule has 0 radical (unpaired) electrons. The second kappa shape index (κ2) is 6.23. The summed E-state index contributed by atoms with van der Waals surface area (Å²) in [6, 6.07) is 1.25. The van der Waals surface area contributed by atoms with Gasteiger partial charge in [0.15, 0.2) is 0 Å². The molecule has 22 heavy (non-hydrogen) atoms. The molecule has 2 unspecified atom stereocenters. The Kier molecular flexibility index (Phi) is 4.66. The van der Waals surface area contributed by atoms with E-state index in [0.717, 1.165) is 32.2 Å². The van der Waals surface area contributed by atoms with Gasteiger partial charge in [-0.25, -0.2) is 4.79 Å². The van der Waals surface area contributed by atoms with Gasteiger partial charge in [0.1, 0.15) is 5.60 Å². The van der Waals surface area contributed by atoms with Crippen molar-refractivity contribution in [2.75, 3.05) is 18.1 Å². The standard InChI is InChI=1S/C17H30N2O2S/c1-16(2,3)21-15(20)19-9-5-13(11-17(19)7-4-8-17)18-14-6-10-22-12-14/h13-14,18H,4-12H2,1-3H3. The molecule has 4 nitrogen and oxygen atoms in total. The third-order valence-corrected chi connectivity index (χ3v) is 6.36. The first-order valence-electron chi connectivity index (χ1n) is 8.72. The summed E-state index contributed by atoms with van der Waals surface area (Å²) in [4.78, 5) is 14.6. The molecule has 2 aliphatic heterocycles. The van der Waals surface area contributed by atoms with E-state index in [1.807, 2.05) is 25.7 Å². The van der Waals surface area contributed by atoms with Gasteiger partial charge in [0.2, 0.25) is 0 Å². The van der Waals surface area contributed by atoms with E-state index in [-0.39, 0.29) is 11.6 Å². The zero-order chi connectivity index (χ0) is 15.8. The SMILES string of the molecule is CC(C)(C)OC(=O)N1CCC(NC2CCSC2)CC12CCC2. The molecule has 3 rings (SSSR count). The zero-order valence-electron chi connectivity index (χ0n) is 14.2. The van der Waals surface area contributed by atoms with Crippen molar-refractivity contribution >= 4 is 17.9 Å². The van der Waals surface area contributed by atoms with Crippen LogP contribution in [0.4, 0.5) is 4.79 Å². The van der Waals surface area contributed by atoms with Crippen LogP contribution < -0.4 is 5.32 Å². The van der Waals surface area contributed by atoms with E-state index in [1.54, 1.807) is 0 Å². The predicted molar refractivity (Wildman–Crippen MR) is 91.4 cm³/mol. The fraction of sp³-hybridized carbons (Fsp3) is 0.941. The number of carbonyl (C=O) groups is 1. The number of thioether (sulfide) groups is 1. The van der Waals surface area contributed by atoms with Gasteiger partial charge in [-0.2, -0.15) is 11.8 Å². The number of nitrogens with zero attached hydrogens (tertiary/aromatic N) is 1. The van der Waals surface area contributed by atoms with Crippen LogP contribution in [-0.4, -0.2) is 52.3 Å². The topological polar surface area (TPSA) is 41.6 Å². The van der Waals surface area contributed by atoms with Gasteiger partial charge in [0.25, 0.3) is 0 Å². The Balaban J connectivity index is 1.61. The molecule has 1 aliphatic carbocycles. The molecule has 2 saturated heterocycles. The molecule has 0 aromatic rings. The number of ether oxygens (including phenoxy) is 1. The van der Waals surface area contributed by atoms with E-state index in [1.165, 1.54) is 24.3 Å². The third kappa shape index (κ3) is 3.56. The lowest BCUT2D eigenvalue weighted by molar-refractivity contribution is -0.0498. The van der Waals surface area contributed by atoms with E-state index in [9.17, 15) is 4.79 Å². The van der Waals surface area contributed by atoms with Gasteiger partial charge >= 0.3 is 6.09 Å². The Hall–Kier alpha value is -0.420. The summed E-state index contributed by atoms with van der Waals surface area (Å²) < 4.78 is 5.64. The van der Waals surface area contributed by atoms with Crippen molar-refractivity contribution < 1.29 is 9.53 Å². The molecule has 2 heterocycles. The van der Waals surface area contributed by atoms with Crippen molar-refractivity contribution in [1.82, 2.24) is 10.2 Å². The highest BCUT2D eigenvalue weighted by Crippen LogP contribution is 2.45. The molecule has 1 amide bonds. The highest BCUT2D eigenvalue weighted by molar-refractivity contribution is 7.99. The smallest absolute Gasteiger partial charge is 0.410 e. The molecule has 5 heteroatoms. The Morgan fingerprint density at radius 1 is 1.27 bits per heavy atom. The molecule has 3 fully saturated rings. The van der Waals surface area contributed by atoms with Crippen molar-refractivity contribution in [3.8, 4) is 0 Å². The molecule has 1 saturated carbocycles. The number of likely N-dealkylation sites (tertiary alicyclic amines) is 1. The largest absolute Gasteiger partial charge is 0.444 e. The van der Waals surface area contributed by atoms with Crippen LogP contribution in [0.3, 0.4) is 0 Å². The summed E-state index contributed by atoms with van der Waals surface area (Å²) in [5, 5.41) is 3.85. The number of amides is 1. The minimum absolute atomic E-state index is 0.0734. The molecule has 3 aliphatic rings. The van der Waals surface area contributed by atoms with Crippen LogP contribution in [0.2, 0.25) is 0 Å². The van der Waals surface area contributed by atoms with Gasteiger partial charge in [-0.15, -0.1) is 0 Å². The normalized spacial score (nSPS) is 31.1. The van der Waals surface area contributed by atoms with Crippen LogP contribution in [0, 0.1) is 0 Å². The van der Waals surface area contributed by atoms with E-state index < -0.39 is 5.60 Å². The van der Waals surface area contributed by atoms with Gasteiger partial charge in [0.05, 0.1) is 0 Å². The average molecular weight is 327 g/mol. The first-order valence-corrected chi connectivity index (χ1v) is 9.88. The maximum atomic E-state index is 12.6. The van der Waals surface area contributed by atoms with E-state index in [0.29, 0.717) is 12.1 Å². The number of carbonyl (C=O) groups excluding carboxylic acids is 1. The molecule has 126 valence electrons. The molecule has 1 spiro atoms. The van der Waals surface area contributed by atoms with Crippen molar-refractivity contribution in [2.24, 2.45) is 0 Å². The molecular formula is C17H30N2O2S. The van der Waals surface area contributed by atoms with Crippen LogP contribution in [0.5, 0.6) is 0 Å². The monoisotopic (exact) mass is 326 g/mol. The lowest BCUT2D eigenvalue weighted by Crippen LogP contribution is -2.64. The molecule has 0 bridgehead atoms. The van der Waals surface area contributed by atoms with Crippen molar-refractivity contribution in [1.29, 1.82) is 0 Å². The highest BCUT2D eigenvalue weighted by Gasteiger charge is 2.50. The van der Waals surface area contributed by atoms with E-state index in [4.69, 9.17) is 4.74 Å². The summed E-state index contributed by atoms with van der Waals surface area (Å²) >= 11 is 2.06. The maximum Gasteiger partial charge on any atom is 0.410 e. The summed E-state index contributed by atoms with van der Waals surface area (Å²) in [5.41, 5.74) is -0.331. The van der Waals surface area contributed by atoms with E-state index >= 15 is 0 Å². The Morgan fingerprint density at radius 2 is 2.05 bits per heavy atom. The van der Waals surface area contributed by atoms with Gasteiger partial charge in [-0.05, 0) is 65.0 Å². The zero-order valence-corrected chi connectivity index (χ0v) is 15.0. The summed E-state index contributed by atoms with van der Waals surface area (Å²) in [7, 11) is 0. The van der Waals surface area contributed by atoms with Gasteiger partial charge in [-0.3, -0.25) is 0 Å². The minimum Gasteiger partial charge on any atom is -0.444 e. The average Bonchev–Trinajstić information content (AvgIpc) is 2.87. The predicted octanol–water partition coefficient (Wildman–Crippen LogP) is 3.40. The minimum atomic E-state index is -0.405. The molecule has 1 N–H and O–H groups in total. The second-order valence-corrected chi connectivity index (χ2v) is 9.28. The van der Waals surface area contributed by atoms with Gasteiger partial charge in [0, 0.05) is 29.9 Å². The maximum absolute atomic E-state index is 12.6. The lowest BCUT2D eigenvalue weighted by atomic mass is 9.69. The molecule has 0 aromatic carbocycles. The van der Waals surface area contributed by atoms with Crippen LogP contribution in [-0.2, 0) is 4.74 Å². The van der Waals surface area contributed by atoms with Crippen LogP contribution in [0.15, 0.2) is 0 Å². The fourth-order valence-corrected chi connectivity index (χ4v) is 5.16. The number of rotatable bonds is 2. The summed E-state index contributed by atoms with van der Waals surface area (Å²) in [6.07, 6.45) is 6.88. The van der Waals surface area contributed by atoms with Crippen LogP contribution in [0.1, 0.15) is 59.3 Å². The lowest BCUT2D eigenvalue weighted by Gasteiger charge is -2.55. The highest BCUT2D eigenvalue weighted by atomic mass is 32.2. The van der Waals surface area contributed by atoms with Crippen molar-refractivity contribution in [3.05, 3.63) is 0 Å². The van der Waals surface area contributed by atoms with Crippen molar-refractivity contribution in [2.45, 2.75) is 82.5 Å². The molecule has 2 atom stereocenters. The van der Waals surface area contributed by atoms with Crippen molar-refractivity contribution in [3.63, 3.8) is 0 Å². The molecular weight excluding hydrogens is 296 g/mol. The first kappa shape index (κ1) is 16.4. The quantitative estimate of drug-likeness (QED) is 0.844. The second-order valence-electron chi connectivity index (χ2n) is 8.13. The summed E-state index contributed by atoms with van der Waals surface area (Å²) in [5.74, 6) is 2.54. The fourth-order valence-electron chi connectivity index (χ4n) is 4.00. The van der Waals surface area contributed by atoms with Gasteiger partial charge in [-0.1, -0.05) is 0 Å². The third-order valence-electron chi connectivity index (χ3n) is 5.20. The van der Waals surface area contributed by atoms with E-state index in [2.05, 4.69) is 17.1 Å². The molecule has 0 aromatic heterocycles. The van der Waals surface area contributed by atoms with Crippen LogP contribution >= 0.6 is 11.8 Å². The number of nitrogens with one attached hydrogen (secondary N) is 1.